The van der Waals surface area contributed by atoms with Crippen molar-refractivity contribution < 1.29 is 9.59 Å². The molecule has 0 saturated carbocycles. The second-order valence-corrected chi connectivity index (χ2v) is 13.3. The highest BCUT2D eigenvalue weighted by atomic mass is 79.9. The molecule has 0 unspecified atom stereocenters. The Morgan fingerprint density at radius 3 is 1.89 bits per heavy atom. The van der Waals surface area contributed by atoms with Crippen LogP contribution < -0.4 is 4.90 Å². The van der Waals surface area contributed by atoms with E-state index in [-0.39, 0.29) is 28.3 Å². The monoisotopic (exact) mass is 571 g/mol. The zero-order valence-corrected chi connectivity index (χ0v) is 23.4. The Bertz CT molecular complexity index is 1280. The van der Waals surface area contributed by atoms with E-state index in [1.807, 2.05) is 36.4 Å². The van der Waals surface area contributed by atoms with Gasteiger partial charge in [0.2, 0.25) is 0 Å². The van der Waals surface area contributed by atoms with Crippen LogP contribution in [0.3, 0.4) is 0 Å². The molecule has 0 radical (unpaired) electrons. The number of hydrogen-bond donors (Lipinski definition) is 0. The first-order chi connectivity index (χ1) is 16.4. The molecular formula is C29H28BrCl2NO2. The quantitative estimate of drug-likeness (QED) is 0.361. The molecule has 0 saturated heterocycles. The normalized spacial score (nSPS) is 21.9. The van der Waals surface area contributed by atoms with Gasteiger partial charge in [-0.05, 0) is 59.6 Å². The Kier molecular flexibility index (Phi) is 6.10. The Labute approximate surface area is 225 Å². The van der Waals surface area contributed by atoms with Gasteiger partial charge in [-0.1, -0.05) is 79.0 Å². The van der Waals surface area contributed by atoms with Crippen LogP contribution in [0.2, 0.25) is 10.0 Å². The number of carbonyl (C=O) groups excluding carboxylic acids is 2. The molecule has 0 bridgehead atoms. The number of allylic oxidation sites excluding steroid dienone is 4. The van der Waals surface area contributed by atoms with Gasteiger partial charge in [-0.3, -0.25) is 9.59 Å². The van der Waals surface area contributed by atoms with Gasteiger partial charge in [0.25, 0.3) is 0 Å². The predicted molar refractivity (Wildman–Crippen MR) is 146 cm³/mol. The van der Waals surface area contributed by atoms with E-state index in [0.717, 1.165) is 51.1 Å². The predicted octanol–water partition coefficient (Wildman–Crippen LogP) is 8.65. The van der Waals surface area contributed by atoms with Crippen LogP contribution in [0.1, 0.15) is 64.9 Å². The lowest BCUT2D eigenvalue weighted by molar-refractivity contribution is -0.119. The molecule has 3 aliphatic rings. The topological polar surface area (TPSA) is 37.4 Å². The summed E-state index contributed by atoms with van der Waals surface area (Å²) in [4.78, 5) is 29.8. The third-order valence-corrected chi connectivity index (χ3v) is 8.49. The molecule has 3 nitrogen and oxygen atoms in total. The van der Waals surface area contributed by atoms with Gasteiger partial charge in [-0.15, -0.1) is 0 Å². The average Bonchev–Trinajstić information content (AvgIpc) is 2.73. The first-order valence-electron chi connectivity index (χ1n) is 11.9. The molecule has 0 amide bonds. The summed E-state index contributed by atoms with van der Waals surface area (Å²) in [7, 11) is 0. The van der Waals surface area contributed by atoms with Crippen LogP contribution in [0.5, 0.6) is 0 Å². The van der Waals surface area contributed by atoms with Gasteiger partial charge in [-0.2, -0.15) is 0 Å². The lowest BCUT2D eigenvalue weighted by Gasteiger charge is -2.49. The third-order valence-electron chi connectivity index (χ3n) is 7.25. The van der Waals surface area contributed by atoms with Crippen LogP contribution in [0.25, 0.3) is 0 Å². The number of Topliss-reactive ketones (excluding diaryl/α,β-unsaturated/α-hetero) is 2. The number of carbonyl (C=O) groups is 2. The van der Waals surface area contributed by atoms with Crippen molar-refractivity contribution in [2.75, 3.05) is 4.90 Å². The molecule has 0 N–H and O–H groups in total. The van der Waals surface area contributed by atoms with Gasteiger partial charge in [-0.25, -0.2) is 0 Å². The van der Waals surface area contributed by atoms with Crippen molar-refractivity contribution in [1.29, 1.82) is 0 Å². The van der Waals surface area contributed by atoms with E-state index in [1.165, 1.54) is 0 Å². The molecule has 182 valence electrons. The van der Waals surface area contributed by atoms with Crippen molar-refractivity contribution in [2.24, 2.45) is 10.8 Å². The highest BCUT2D eigenvalue weighted by Gasteiger charge is 2.49. The summed E-state index contributed by atoms with van der Waals surface area (Å²) in [5.41, 5.74) is 4.83. The SMILES string of the molecule is CC1(C)CC(=O)C2=C(C1)N(c1ccc(Cl)c(Cl)c1)C1=C(C(=O)CC(C)(C)C1)C2c1cccc(Br)c1. The molecule has 2 aromatic carbocycles. The molecule has 1 heterocycles. The summed E-state index contributed by atoms with van der Waals surface area (Å²) in [6, 6.07) is 13.6. The third kappa shape index (κ3) is 4.43. The first-order valence-corrected chi connectivity index (χ1v) is 13.4. The van der Waals surface area contributed by atoms with Crippen LogP contribution in [-0.2, 0) is 9.59 Å². The summed E-state index contributed by atoms with van der Waals surface area (Å²) in [5, 5.41) is 0.924. The van der Waals surface area contributed by atoms with Crippen molar-refractivity contribution >= 4 is 56.4 Å². The van der Waals surface area contributed by atoms with Crippen LogP contribution in [0.15, 0.2) is 69.5 Å². The Balaban J connectivity index is 1.85. The van der Waals surface area contributed by atoms with Crippen LogP contribution in [0.4, 0.5) is 5.69 Å². The lowest BCUT2D eigenvalue weighted by Crippen LogP contribution is -2.44. The molecule has 0 fully saturated rings. The number of nitrogens with zero attached hydrogens (tertiary/aromatic N) is 1. The number of ketones is 2. The zero-order chi connectivity index (χ0) is 25.3. The first kappa shape index (κ1) is 24.8. The van der Waals surface area contributed by atoms with Crippen molar-refractivity contribution in [3.05, 3.63) is 85.1 Å². The molecule has 5 rings (SSSR count). The van der Waals surface area contributed by atoms with E-state index in [0.29, 0.717) is 22.9 Å². The Morgan fingerprint density at radius 1 is 0.800 bits per heavy atom. The van der Waals surface area contributed by atoms with E-state index < -0.39 is 0 Å². The maximum atomic E-state index is 13.8. The molecule has 2 aliphatic carbocycles. The highest BCUT2D eigenvalue weighted by molar-refractivity contribution is 9.10. The average molecular weight is 573 g/mol. The largest absolute Gasteiger partial charge is 0.317 e. The molecule has 2 aromatic rings. The summed E-state index contributed by atoms with van der Waals surface area (Å²) in [6.07, 6.45) is 2.36. The minimum Gasteiger partial charge on any atom is -0.317 e. The van der Waals surface area contributed by atoms with Gasteiger partial charge in [0.15, 0.2) is 11.6 Å². The Hall–Kier alpha value is -1.88. The van der Waals surface area contributed by atoms with Crippen molar-refractivity contribution in [1.82, 2.24) is 0 Å². The molecule has 35 heavy (non-hydrogen) atoms. The van der Waals surface area contributed by atoms with Gasteiger partial charge >= 0.3 is 0 Å². The maximum absolute atomic E-state index is 13.8. The molecule has 6 heteroatoms. The fourth-order valence-electron chi connectivity index (χ4n) is 5.92. The number of halogens is 3. The van der Waals surface area contributed by atoms with E-state index in [1.54, 1.807) is 6.07 Å². The van der Waals surface area contributed by atoms with Crippen molar-refractivity contribution in [3.63, 3.8) is 0 Å². The zero-order valence-electron chi connectivity index (χ0n) is 20.3. The molecular weight excluding hydrogens is 545 g/mol. The van der Waals surface area contributed by atoms with Gasteiger partial charge in [0.05, 0.1) is 10.0 Å². The van der Waals surface area contributed by atoms with E-state index in [4.69, 9.17) is 23.2 Å². The number of rotatable bonds is 2. The van der Waals surface area contributed by atoms with Crippen LogP contribution >= 0.6 is 39.1 Å². The van der Waals surface area contributed by atoms with Gasteiger partial charge < -0.3 is 4.90 Å². The van der Waals surface area contributed by atoms with Crippen molar-refractivity contribution in [3.8, 4) is 0 Å². The highest BCUT2D eigenvalue weighted by Crippen LogP contribution is 2.55. The molecule has 0 aromatic heterocycles. The van der Waals surface area contributed by atoms with Crippen LogP contribution in [-0.4, -0.2) is 11.6 Å². The summed E-state index contributed by atoms with van der Waals surface area (Å²) in [5.74, 6) is -0.158. The Morgan fingerprint density at radius 2 is 1.37 bits per heavy atom. The number of hydrogen-bond acceptors (Lipinski definition) is 3. The van der Waals surface area contributed by atoms with E-state index in [2.05, 4.69) is 48.5 Å². The second kappa shape index (κ2) is 8.61. The summed E-state index contributed by atoms with van der Waals surface area (Å²) >= 11 is 16.3. The fraction of sp³-hybridized carbons (Fsp3) is 0.379. The van der Waals surface area contributed by atoms with Gasteiger partial charge in [0.1, 0.15) is 0 Å². The number of benzene rings is 2. The second-order valence-electron chi connectivity index (χ2n) is 11.5. The molecule has 0 spiro atoms. The molecule has 0 atom stereocenters. The molecule has 1 aliphatic heterocycles. The van der Waals surface area contributed by atoms with E-state index in [9.17, 15) is 9.59 Å². The minimum atomic E-state index is -0.372. The van der Waals surface area contributed by atoms with E-state index >= 15 is 0 Å². The lowest BCUT2D eigenvalue weighted by atomic mass is 9.63. The van der Waals surface area contributed by atoms with Crippen LogP contribution in [0, 0.1) is 10.8 Å². The smallest absolute Gasteiger partial charge is 0.162 e. The minimum absolute atomic E-state index is 0.107. The summed E-state index contributed by atoms with van der Waals surface area (Å²) in [6.45, 7) is 8.54. The number of anilines is 1. The van der Waals surface area contributed by atoms with Gasteiger partial charge in [0, 0.05) is 51.5 Å². The maximum Gasteiger partial charge on any atom is 0.162 e. The van der Waals surface area contributed by atoms with Crippen molar-refractivity contribution in [2.45, 2.75) is 59.3 Å². The standard InChI is InChI=1S/C29H28BrCl2NO2/c1-28(2)12-21-26(23(34)14-28)25(16-6-5-7-17(30)10-16)27-22(13-29(3,4)15-24(27)35)33(21)18-8-9-19(31)20(32)11-18/h5-11,25H,12-15H2,1-4H3. The summed E-state index contributed by atoms with van der Waals surface area (Å²) < 4.78 is 0.929. The fourth-order valence-corrected chi connectivity index (χ4v) is 6.63.